The fourth-order valence-electron chi connectivity index (χ4n) is 4.08. The maximum Gasteiger partial charge on any atom is 0.409 e. The van der Waals surface area contributed by atoms with Gasteiger partial charge in [-0.25, -0.2) is 13.2 Å². The summed E-state index contributed by atoms with van der Waals surface area (Å²) >= 11 is 6.09. The molecule has 0 radical (unpaired) electrons. The number of pyridine rings is 1. The number of halogens is 1. The number of methoxy groups -OCH3 is 1. The fraction of sp³-hybridized carbons (Fsp3) is 0.292. The van der Waals surface area contributed by atoms with Crippen LogP contribution in [-0.2, 0) is 21.8 Å². The van der Waals surface area contributed by atoms with Gasteiger partial charge in [0.15, 0.2) is 0 Å². The minimum Gasteiger partial charge on any atom is -0.453 e. The summed E-state index contributed by atoms with van der Waals surface area (Å²) < 4.78 is 32.0. The largest absolute Gasteiger partial charge is 0.453 e. The van der Waals surface area contributed by atoms with Gasteiger partial charge in [-0.1, -0.05) is 11.6 Å². The van der Waals surface area contributed by atoms with E-state index < -0.39 is 10.0 Å². The van der Waals surface area contributed by atoms with Gasteiger partial charge >= 0.3 is 6.09 Å². The number of anilines is 3. The van der Waals surface area contributed by atoms with E-state index in [1.165, 1.54) is 25.3 Å². The quantitative estimate of drug-likeness (QED) is 0.486. The Balaban J connectivity index is 1.45. The highest BCUT2D eigenvalue weighted by atomic mass is 35.5. The van der Waals surface area contributed by atoms with Gasteiger partial charge in [-0.3, -0.25) is 14.5 Å². The number of rotatable bonds is 6. The Labute approximate surface area is 220 Å². The molecule has 37 heavy (non-hydrogen) atoms. The second kappa shape index (κ2) is 10.7. The zero-order valence-corrected chi connectivity index (χ0v) is 22.1. The predicted molar refractivity (Wildman–Crippen MR) is 143 cm³/mol. The van der Waals surface area contributed by atoms with Crippen molar-refractivity contribution in [3.05, 3.63) is 59.4 Å². The van der Waals surface area contributed by atoms with E-state index in [1.807, 2.05) is 19.2 Å². The molecule has 1 aliphatic rings. The molecule has 1 fully saturated rings. The second-order valence-corrected chi connectivity index (χ2v) is 10.8. The van der Waals surface area contributed by atoms with Gasteiger partial charge in [-0.2, -0.15) is 0 Å². The maximum absolute atomic E-state index is 12.9. The molecule has 13 heteroatoms. The van der Waals surface area contributed by atoms with E-state index in [-0.39, 0.29) is 22.7 Å². The molecule has 2 N–H and O–H groups in total. The van der Waals surface area contributed by atoms with E-state index in [0.717, 1.165) is 17.6 Å². The van der Waals surface area contributed by atoms with Gasteiger partial charge < -0.3 is 24.4 Å². The molecule has 0 saturated carbocycles. The molecule has 3 aromatic rings. The molecular weight excluding hydrogens is 520 g/mol. The molecule has 0 aliphatic carbocycles. The summed E-state index contributed by atoms with van der Waals surface area (Å²) in [6, 6.07) is 10.0. The number of carbonyl (C=O) groups is 2. The van der Waals surface area contributed by atoms with E-state index in [4.69, 9.17) is 16.3 Å². The Morgan fingerprint density at radius 1 is 1.05 bits per heavy atom. The van der Waals surface area contributed by atoms with Crippen molar-refractivity contribution in [2.45, 2.75) is 0 Å². The van der Waals surface area contributed by atoms with E-state index >= 15 is 0 Å². The Bertz CT molecular complexity index is 1420. The van der Waals surface area contributed by atoms with Gasteiger partial charge in [0.2, 0.25) is 10.0 Å². The number of carbonyl (C=O) groups excluding carboxylic acids is 2. The van der Waals surface area contributed by atoms with Crippen molar-refractivity contribution < 1.29 is 22.7 Å². The summed E-state index contributed by atoms with van der Waals surface area (Å²) in [5, 5.41) is 3.02. The monoisotopic (exact) mass is 546 g/mol. The Morgan fingerprint density at radius 3 is 2.38 bits per heavy atom. The van der Waals surface area contributed by atoms with Crippen LogP contribution in [0.1, 0.15) is 10.4 Å². The third-order valence-corrected chi connectivity index (χ3v) is 6.64. The van der Waals surface area contributed by atoms with Crippen LogP contribution in [0.15, 0.2) is 48.8 Å². The number of ether oxygens (including phenoxy) is 1. The summed E-state index contributed by atoms with van der Waals surface area (Å²) in [7, 11) is -0.299. The lowest BCUT2D eigenvalue weighted by molar-refractivity contribution is 0.102. The molecule has 196 valence electrons. The summed E-state index contributed by atoms with van der Waals surface area (Å²) in [6.45, 7) is 2.50. The number of nitrogens with one attached hydrogen (secondary N) is 2. The first-order chi connectivity index (χ1) is 17.5. The topological polar surface area (TPSA) is 126 Å². The molecule has 0 spiro atoms. The first-order valence-corrected chi connectivity index (χ1v) is 13.6. The highest BCUT2D eigenvalue weighted by molar-refractivity contribution is 7.92. The lowest BCUT2D eigenvalue weighted by atomic mass is 10.2. The van der Waals surface area contributed by atoms with E-state index in [9.17, 15) is 18.0 Å². The smallest absolute Gasteiger partial charge is 0.409 e. The number of piperazine rings is 1. The summed E-state index contributed by atoms with van der Waals surface area (Å²) in [5.74, 6) is -0.380. The SMILES string of the molecule is COC(=O)N1CCN(c2ccc(-c3cc(C(=O)Nc4cc(Cl)cc(NS(C)(=O)=O)c4)cn3C)nc2)CC1. The molecule has 4 rings (SSSR count). The average Bonchev–Trinajstić information content (AvgIpc) is 3.24. The molecular formula is C24H27ClN6O5S. The number of amides is 2. The maximum atomic E-state index is 12.9. The van der Waals surface area contributed by atoms with Crippen LogP contribution in [0.25, 0.3) is 11.4 Å². The van der Waals surface area contributed by atoms with Crippen molar-refractivity contribution in [2.75, 3.05) is 54.5 Å². The molecule has 1 saturated heterocycles. The molecule has 1 aliphatic heterocycles. The van der Waals surface area contributed by atoms with Crippen LogP contribution in [0, 0.1) is 0 Å². The molecule has 2 amide bonds. The Morgan fingerprint density at radius 2 is 1.76 bits per heavy atom. The first-order valence-electron chi connectivity index (χ1n) is 11.3. The van der Waals surface area contributed by atoms with Gasteiger partial charge in [0.25, 0.3) is 5.91 Å². The number of hydrogen-bond donors (Lipinski definition) is 2. The summed E-state index contributed by atoms with van der Waals surface area (Å²) in [4.78, 5) is 33.0. The van der Waals surface area contributed by atoms with Gasteiger partial charge in [0, 0.05) is 50.1 Å². The third-order valence-electron chi connectivity index (χ3n) is 5.81. The lowest BCUT2D eigenvalue weighted by Crippen LogP contribution is -2.48. The minimum atomic E-state index is -3.50. The summed E-state index contributed by atoms with van der Waals surface area (Å²) in [6.07, 6.45) is 4.17. The molecule has 0 atom stereocenters. The van der Waals surface area contributed by atoms with Crippen LogP contribution in [0.3, 0.4) is 0 Å². The minimum absolute atomic E-state index is 0.245. The number of nitrogens with zero attached hydrogens (tertiary/aromatic N) is 4. The van der Waals surface area contributed by atoms with Crippen molar-refractivity contribution >= 4 is 50.7 Å². The van der Waals surface area contributed by atoms with E-state index in [2.05, 4.69) is 19.9 Å². The first kappa shape index (κ1) is 26.3. The highest BCUT2D eigenvalue weighted by Gasteiger charge is 2.22. The van der Waals surface area contributed by atoms with Crippen LogP contribution in [0.2, 0.25) is 5.02 Å². The van der Waals surface area contributed by atoms with Crippen molar-refractivity contribution in [1.29, 1.82) is 0 Å². The van der Waals surface area contributed by atoms with Crippen molar-refractivity contribution in [3.8, 4) is 11.4 Å². The Hall–Kier alpha value is -3.77. The van der Waals surface area contributed by atoms with Crippen molar-refractivity contribution in [2.24, 2.45) is 7.05 Å². The number of hydrogen-bond acceptors (Lipinski definition) is 7. The second-order valence-electron chi connectivity index (χ2n) is 8.63. The van der Waals surface area contributed by atoms with Gasteiger partial charge in [-0.05, 0) is 36.4 Å². The van der Waals surface area contributed by atoms with Crippen molar-refractivity contribution in [3.63, 3.8) is 0 Å². The van der Waals surface area contributed by atoms with Crippen LogP contribution < -0.4 is 14.9 Å². The third kappa shape index (κ3) is 6.52. The molecule has 1 aromatic carbocycles. The van der Waals surface area contributed by atoms with Crippen LogP contribution in [0.5, 0.6) is 0 Å². The van der Waals surface area contributed by atoms with Crippen LogP contribution >= 0.6 is 11.6 Å². The molecule has 11 nitrogen and oxygen atoms in total. The predicted octanol–water partition coefficient (Wildman–Crippen LogP) is 3.25. The van der Waals surface area contributed by atoms with Gasteiger partial charge in [0.1, 0.15) is 0 Å². The fourth-order valence-corrected chi connectivity index (χ4v) is 4.86. The van der Waals surface area contributed by atoms with E-state index in [0.29, 0.717) is 43.1 Å². The van der Waals surface area contributed by atoms with Gasteiger partial charge in [0.05, 0.1) is 47.9 Å². The van der Waals surface area contributed by atoms with Gasteiger partial charge in [-0.15, -0.1) is 0 Å². The number of benzene rings is 1. The molecule has 0 bridgehead atoms. The number of aryl methyl sites for hydroxylation is 1. The summed E-state index contributed by atoms with van der Waals surface area (Å²) in [5.41, 5.74) is 3.39. The zero-order chi connectivity index (χ0) is 26.7. The van der Waals surface area contributed by atoms with Crippen LogP contribution in [-0.4, -0.2) is 74.4 Å². The standard InChI is InChI=1S/C24H27ClN6O5S/c1-29-15-16(23(32)27-18-11-17(25)12-19(13-18)28-37(3,34)35)10-22(29)21-5-4-20(14-26-21)30-6-8-31(9-7-30)24(33)36-2/h4-5,10-15,28H,6-9H2,1-3H3,(H,27,32). The Kier molecular flexibility index (Phi) is 7.60. The average molecular weight is 547 g/mol. The zero-order valence-electron chi connectivity index (χ0n) is 20.6. The number of sulfonamides is 1. The molecule has 3 heterocycles. The molecule has 2 aromatic heterocycles. The van der Waals surface area contributed by atoms with Crippen molar-refractivity contribution in [1.82, 2.24) is 14.5 Å². The normalized spacial score (nSPS) is 13.8. The number of aromatic nitrogens is 2. The highest BCUT2D eigenvalue weighted by Crippen LogP contribution is 2.26. The lowest BCUT2D eigenvalue weighted by Gasteiger charge is -2.35. The molecule has 0 unspecified atom stereocenters. The van der Waals surface area contributed by atoms with E-state index in [1.54, 1.807) is 27.9 Å². The van der Waals surface area contributed by atoms with Crippen LogP contribution in [0.4, 0.5) is 21.9 Å².